The number of allylic oxidation sites excluding steroid dienone is 1. The first kappa shape index (κ1) is 5.67. The predicted octanol–water partition coefficient (Wildman–Crippen LogP) is 1.65. The fourth-order valence-electron chi connectivity index (χ4n) is 1.30. The molecule has 0 amide bonds. The topological polar surface area (TPSA) is 26.0 Å². The first-order valence-corrected chi connectivity index (χ1v) is 3.25. The molecule has 0 unspecified atom stereocenters. The molecule has 0 aromatic carbocycles. The summed E-state index contributed by atoms with van der Waals surface area (Å²) < 4.78 is 0. The summed E-state index contributed by atoms with van der Waals surface area (Å²) in [5.74, 6) is 0.648. The molecule has 46 valence electrons. The van der Waals surface area contributed by atoms with Crippen molar-refractivity contribution in [2.45, 2.75) is 25.7 Å². The Bertz CT molecular complexity index is 90.6. The van der Waals surface area contributed by atoms with Gasteiger partial charge in [0.05, 0.1) is 0 Å². The summed E-state index contributed by atoms with van der Waals surface area (Å²) >= 11 is 0. The zero-order chi connectivity index (χ0) is 5.98. The highest BCUT2D eigenvalue weighted by atomic mass is 14.6. The van der Waals surface area contributed by atoms with E-state index >= 15 is 0 Å². The average Bonchev–Trinajstić information content (AvgIpc) is 2.12. The highest BCUT2D eigenvalue weighted by molar-refractivity contribution is 4.96. The van der Waals surface area contributed by atoms with E-state index in [4.69, 9.17) is 5.73 Å². The van der Waals surface area contributed by atoms with E-state index in [1.807, 2.05) is 0 Å². The molecule has 2 N–H and O–H groups in total. The second-order valence-corrected chi connectivity index (χ2v) is 2.56. The van der Waals surface area contributed by atoms with Crippen LogP contribution in [0.4, 0.5) is 0 Å². The van der Waals surface area contributed by atoms with Gasteiger partial charge in [-0.2, -0.15) is 0 Å². The van der Waals surface area contributed by atoms with Gasteiger partial charge in [0, 0.05) is 5.70 Å². The molecular formula is C7H13N. The van der Waals surface area contributed by atoms with Gasteiger partial charge in [-0.15, -0.1) is 0 Å². The average molecular weight is 111 g/mol. The van der Waals surface area contributed by atoms with Crippen molar-refractivity contribution in [3.8, 4) is 0 Å². The maximum absolute atomic E-state index is 5.50. The van der Waals surface area contributed by atoms with Crippen LogP contribution in [0.1, 0.15) is 25.7 Å². The Labute approximate surface area is 50.6 Å². The van der Waals surface area contributed by atoms with E-state index in [9.17, 15) is 0 Å². The minimum absolute atomic E-state index is 0.648. The van der Waals surface area contributed by atoms with Crippen molar-refractivity contribution >= 4 is 0 Å². The Kier molecular flexibility index (Phi) is 1.56. The van der Waals surface area contributed by atoms with Crippen LogP contribution in [0.15, 0.2) is 12.3 Å². The van der Waals surface area contributed by atoms with Crippen LogP contribution in [-0.2, 0) is 0 Å². The lowest BCUT2D eigenvalue weighted by atomic mass is 10.1. The van der Waals surface area contributed by atoms with Gasteiger partial charge in [-0.25, -0.2) is 0 Å². The summed E-state index contributed by atoms with van der Waals surface area (Å²) in [6, 6.07) is 0. The number of nitrogens with two attached hydrogens (primary N) is 1. The van der Waals surface area contributed by atoms with E-state index in [1.54, 1.807) is 0 Å². The van der Waals surface area contributed by atoms with Crippen LogP contribution in [0.25, 0.3) is 0 Å². The van der Waals surface area contributed by atoms with Gasteiger partial charge < -0.3 is 5.73 Å². The number of rotatable bonds is 1. The molecule has 8 heavy (non-hydrogen) atoms. The van der Waals surface area contributed by atoms with Crippen LogP contribution in [0, 0.1) is 5.92 Å². The molecular weight excluding hydrogens is 98.1 g/mol. The van der Waals surface area contributed by atoms with Gasteiger partial charge in [-0.1, -0.05) is 19.4 Å². The van der Waals surface area contributed by atoms with Gasteiger partial charge in [0.1, 0.15) is 0 Å². The van der Waals surface area contributed by atoms with Gasteiger partial charge in [0.15, 0.2) is 0 Å². The lowest BCUT2D eigenvalue weighted by Gasteiger charge is -2.04. The van der Waals surface area contributed by atoms with Gasteiger partial charge in [0.2, 0.25) is 0 Å². The number of hydrogen-bond acceptors (Lipinski definition) is 1. The molecule has 0 aromatic heterocycles. The van der Waals surface area contributed by atoms with Crippen LogP contribution < -0.4 is 5.73 Å². The van der Waals surface area contributed by atoms with E-state index in [0.29, 0.717) is 5.92 Å². The molecule has 0 spiro atoms. The Morgan fingerprint density at radius 1 is 1.38 bits per heavy atom. The summed E-state index contributed by atoms with van der Waals surface area (Å²) in [5.41, 5.74) is 6.39. The van der Waals surface area contributed by atoms with Crippen LogP contribution in [-0.4, -0.2) is 0 Å². The molecule has 1 fully saturated rings. The van der Waals surface area contributed by atoms with Crippen molar-refractivity contribution < 1.29 is 0 Å². The van der Waals surface area contributed by atoms with Crippen molar-refractivity contribution in [3.05, 3.63) is 12.3 Å². The zero-order valence-corrected chi connectivity index (χ0v) is 5.19. The van der Waals surface area contributed by atoms with Gasteiger partial charge in [0.25, 0.3) is 0 Å². The predicted molar refractivity (Wildman–Crippen MR) is 35.3 cm³/mol. The van der Waals surface area contributed by atoms with Crippen molar-refractivity contribution in [3.63, 3.8) is 0 Å². The third-order valence-electron chi connectivity index (χ3n) is 1.88. The Balaban J connectivity index is 2.35. The Morgan fingerprint density at radius 2 is 1.88 bits per heavy atom. The minimum atomic E-state index is 0.648. The number of hydrogen-bond donors (Lipinski definition) is 1. The molecule has 1 aliphatic carbocycles. The summed E-state index contributed by atoms with van der Waals surface area (Å²) in [4.78, 5) is 0. The van der Waals surface area contributed by atoms with Gasteiger partial charge in [-0.3, -0.25) is 0 Å². The Hall–Kier alpha value is -0.460. The molecule has 0 heterocycles. The highest BCUT2D eigenvalue weighted by Gasteiger charge is 2.14. The first-order valence-electron chi connectivity index (χ1n) is 3.25. The first-order chi connectivity index (χ1) is 3.80. The molecule has 0 aliphatic heterocycles. The third-order valence-corrected chi connectivity index (χ3v) is 1.88. The van der Waals surface area contributed by atoms with Crippen molar-refractivity contribution in [2.75, 3.05) is 0 Å². The van der Waals surface area contributed by atoms with Gasteiger partial charge >= 0.3 is 0 Å². The molecule has 1 nitrogen and oxygen atoms in total. The second-order valence-electron chi connectivity index (χ2n) is 2.56. The quantitative estimate of drug-likeness (QED) is 0.547. The highest BCUT2D eigenvalue weighted by Crippen LogP contribution is 2.27. The van der Waals surface area contributed by atoms with E-state index < -0.39 is 0 Å². The molecule has 0 bridgehead atoms. The summed E-state index contributed by atoms with van der Waals surface area (Å²) in [6.45, 7) is 3.71. The standard InChI is InChI=1S/C7H13N/c1-6(8)7-4-2-3-5-7/h7H,1-5,8H2. The maximum Gasteiger partial charge on any atom is 0.00390 e. The van der Waals surface area contributed by atoms with E-state index in [1.165, 1.54) is 25.7 Å². The monoisotopic (exact) mass is 111 g/mol. The lowest BCUT2D eigenvalue weighted by Crippen LogP contribution is -2.05. The normalized spacial score (nSPS) is 21.5. The molecule has 1 rings (SSSR count). The van der Waals surface area contributed by atoms with E-state index in [-0.39, 0.29) is 0 Å². The zero-order valence-electron chi connectivity index (χ0n) is 5.19. The maximum atomic E-state index is 5.50. The van der Waals surface area contributed by atoms with Crippen molar-refractivity contribution in [1.82, 2.24) is 0 Å². The fraction of sp³-hybridized carbons (Fsp3) is 0.714. The lowest BCUT2D eigenvalue weighted by molar-refractivity contribution is 0.637. The largest absolute Gasteiger partial charge is 0.402 e. The smallest absolute Gasteiger partial charge is 0.00390 e. The minimum Gasteiger partial charge on any atom is -0.402 e. The molecule has 0 saturated heterocycles. The van der Waals surface area contributed by atoms with E-state index in [2.05, 4.69) is 6.58 Å². The Morgan fingerprint density at radius 3 is 2.12 bits per heavy atom. The molecule has 0 radical (unpaired) electrons. The third kappa shape index (κ3) is 1.03. The van der Waals surface area contributed by atoms with Crippen molar-refractivity contribution in [1.29, 1.82) is 0 Å². The van der Waals surface area contributed by atoms with Crippen LogP contribution in [0.3, 0.4) is 0 Å². The van der Waals surface area contributed by atoms with E-state index in [0.717, 1.165) is 5.70 Å². The van der Waals surface area contributed by atoms with Crippen LogP contribution in [0.5, 0.6) is 0 Å². The van der Waals surface area contributed by atoms with Crippen LogP contribution in [0.2, 0.25) is 0 Å². The van der Waals surface area contributed by atoms with Crippen LogP contribution >= 0.6 is 0 Å². The van der Waals surface area contributed by atoms with Gasteiger partial charge in [-0.05, 0) is 18.8 Å². The molecule has 0 aromatic rings. The SMILES string of the molecule is C=C(N)C1CCCC1. The summed E-state index contributed by atoms with van der Waals surface area (Å²) in [5, 5.41) is 0. The second kappa shape index (κ2) is 2.21. The molecule has 1 aliphatic rings. The summed E-state index contributed by atoms with van der Waals surface area (Å²) in [6.07, 6.45) is 5.24. The fourth-order valence-corrected chi connectivity index (χ4v) is 1.30. The summed E-state index contributed by atoms with van der Waals surface area (Å²) in [7, 11) is 0. The molecule has 1 heteroatoms. The molecule has 1 saturated carbocycles. The van der Waals surface area contributed by atoms with Crippen molar-refractivity contribution in [2.24, 2.45) is 11.7 Å². The molecule has 0 atom stereocenters.